The third kappa shape index (κ3) is 11.4. The molecular formula is C39H56F4O4. The minimum absolute atomic E-state index is 0.0311. The minimum atomic E-state index is -4.33. The van der Waals surface area contributed by atoms with Crippen LogP contribution in [0.5, 0.6) is 0 Å². The van der Waals surface area contributed by atoms with E-state index in [-0.39, 0.29) is 23.2 Å². The number of hydrogen-bond donors (Lipinski definition) is 1. The number of hydrogen-bond acceptors (Lipinski definition) is 3. The molecule has 0 aromatic heterocycles. The zero-order chi connectivity index (χ0) is 35.4. The van der Waals surface area contributed by atoms with E-state index in [1.807, 2.05) is 0 Å². The Bertz CT molecular complexity index is 1260. The molecule has 3 rings (SSSR count). The summed E-state index contributed by atoms with van der Waals surface area (Å²) in [7, 11) is 0. The number of rotatable bonds is 15. The molecule has 4 nitrogen and oxygen atoms in total. The standard InChI is InChI=1S/C25H37F3O2.C14H19FO2/c1-6-17(3)22-11-12-24(19(5)29,30-16-22)18(4)13-20(7-2)14-21-9-8-10-23(15-21)25(26,27)28;1-3-5-10(6-4-2)11-7-8-13(15)12(9-11)14(16)17/h8-10,15,17-18,20,22H,6-7,11-14,16H2,1-5H3;7-10H,3-6H2,1-2H3,(H,16,17). The fraction of sp³-hybridized carbons (Fsp3) is 0.641. The number of alkyl halides is 3. The molecule has 0 bridgehead atoms. The molecule has 1 N–H and O–H groups in total. The van der Waals surface area contributed by atoms with Crippen LogP contribution in [0.2, 0.25) is 0 Å². The Balaban J connectivity index is 0.000000382. The predicted octanol–water partition coefficient (Wildman–Crippen LogP) is 11.3. The Hall–Kier alpha value is -2.74. The second-order valence-electron chi connectivity index (χ2n) is 13.6. The molecule has 5 unspecified atom stereocenters. The number of Topliss-reactive ketones (excluding diaryl/α,β-unsaturated/α-hetero) is 1. The first-order chi connectivity index (χ1) is 22.1. The van der Waals surface area contributed by atoms with Gasteiger partial charge in [0.25, 0.3) is 0 Å². The summed E-state index contributed by atoms with van der Waals surface area (Å²) in [5.41, 5.74) is 0.0507. The van der Waals surface area contributed by atoms with Gasteiger partial charge in [-0.1, -0.05) is 91.5 Å². The van der Waals surface area contributed by atoms with Crippen LogP contribution in [-0.2, 0) is 22.1 Å². The first-order valence-electron chi connectivity index (χ1n) is 17.5. The lowest BCUT2D eigenvalue weighted by Crippen LogP contribution is -2.51. The molecule has 1 aliphatic rings. The molecular weight excluding hydrogens is 608 g/mol. The smallest absolute Gasteiger partial charge is 0.416 e. The summed E-state index contributed by atoms with van der Waals surface area (Å²) >= 11 is 0. The molecule has 1 fully saturated rings. The van der Waals surface area contributed by atoms with Crippen LogP contribution in [0, 0.1) is 29.5 Å². The summed E-state index contributed by atoms with van der Waals surface area (Å²) in [6, 6.07) is 10.0. The second kappa shape index (κ2) is 18.7. The lowest BCUT2D eigenvalue weighted by atomic mass is 9.71. The van der Waals surface area contributed by atoms with Crippen LogP contribution in [0.4, 0.5) is 17.6 Å². The van der Waals surface area contributed by atoms with Gasteiger partial charge in [-0.05, 0) is 104 Å². The highest BCUT2D eigenvalue weighted by molar-refractivity contribution is 5.88. The topological polar surface area (TPSA) is 63.6 Å². The number of ketones is 1. The van der Waals surface area contributed by atoms with Crippen molar-refractivity contribution in [1.82, 2.24) is 0 Å². The van der Waals surface area contributed by atoms with Crippen molar-refractivity contribution in [3.63, 3.8) is 0 Å². The van der Waals surface area contributed by atoms with Gasteiger partial charge in [0.05, 0.1) is 17.7 Å². The number of ether oxygens (including phenoxy) is 1. The normalized spacial score (nSPS) is 20.2. The third-order valence-corrected chi connectivity index (χ3v) is 10.3. The number of carbonyl (C=O) groups excluding carboxylic acids is 1. The van der Waals surface area contributed by atoms with E-state index >= 15 is 0 Å². The molecule has 1 saturated heterocycles. The van der Waals surface area contributed by atoms with Gasteiger partial charge >= 0.3 is 12.1 Å². The summed E-state index contributed by atoms with van der Waals surface area (Å²) in [6.07, 6.45) is 4.81. The van der Waals surface area contributed by atoms with E-state index in [1.165, 1.54) is 24.3 Å². The Morgan fingerprint density at radius 3 is 2.15 bits per heavy atom. The molecule has 264 valence electrons. The molecule has 2 aromatic carbocycles. The van der Waals surface area contributed by atoms with Gasteiger partial charge in [-0.2, -0.15) is 13.2 Å². The van der Waals surface area contributed by atoms with Crippen molar-refractivity contribution < 1.29 is 37.0 Å². The number of aromatic carboxylic acids is 1. The first kappa shape index (κ1) is 40.4. The fourth-order valence-electron chi connectivity index (χ4n) is 7.03. The summed E-state index contributed by atoms with van der Waals surface area (Å²) in [5, 5.41) is 8.89. The molecule has 0 aliphatic carbocycles. The molecule has 0 amide bonds. The largest absolute Gasteiger partial charge is 0.478 e. The number of carboxylic acids is 1. The molecule has 0 spiro atoms. The van der Waals surface area contributed by atoms with Gasteiger partial charge in [0.2, 0.25) is 0 Å². The van der Waals surface area contributed by atoms with Crippen LogP contribution in [0.1, 0.15) is 139 Å². The quantitative estimate of drug-likeness (QED) is 0.192. The van der Waals surface area contributed by atoms with E-state index in [1.54, 1.807) is 19.1 Å². The highest BCUT2D eigenvalue weighted by Crippen LogP contribution is 2.41. The summed E-state index contributed by atoms with van der Waals surface area (Å²) < 4.78 is 58.7. The van der Waals surface area contributed by atoms with E-state index in [4.69, 9.17) is 9.84 Å². The molecule has 2 aromatic rings. The van der Waals surface area contributed by atoms with Crippen LogP contribution in [0.25, 0.3) is 0 Å². The van der Waals surface area contributed by atoms with Crippen molar-refractivity contribution in [3.8, 4) is 0 Å². The zero-order valence-corrected chi connectivity index (χ0v) is 29.4. The maximum Gasteiger partial charge on any atom is 0.416 e. The van der Waals surface area contributed by atoms with Gasteiger partial charge in [0, 0.05) is 0 Å². The van der Waals surface area contributed by atoms with E-state index in [0.717, 1.165) is 69.4 Å². The lowest BCUT2D eigenvalue weighted by molar-refractivity contribution is -0.168. The van der Waals surface area contributed by atoms with Crippen molar-refractivity contribution >= 4 is 11.8 Å². The van der Waals surface area contributed by atoms with Crippen molar-refractivity contribution in [1.29, 1.82) is 0 Å². The number of benzene rings is 2. The SMILES string of the molecule is CCC(Cc1cccc(C(F)(F)F)c1)CC(C)C1(C(C)=O)CCC(C(C)CC)CO1.CCCC(CCC)c1ccc(F)c(C(=O)O)c1. The Morgan fingerprint density at radius 2 is 1.66 bits per heavy atom. The third-order valence-electron chi connectivity index (χ3n) is 10.3. The Kier molecular flexibility index (Phi) is 16.1. The maximum absolute atomic E-state index is 13.3. The van der Waals surface area contributed by atoms with E-state index in [9.17, 15) is 27.2 Å². The van der Waals surface area contributed by atoms with E-state index in [2.05, 4.69) is 41.5 Å². The summed E-state index contributed by atoms with van der Waals surface area (Å²) in [4.78, 5) is 23.5. The maximum atomic E-state index is 13.3. The van der Waals surface area contributed by atoms with Crippen molar-refractivity contribution in [2.75, 3.05) is 6.61 Å². The predicted molar refractivity (Wildman–Crippen MR) is 180 cm³/mol. The van der Waals surface area contributed by atoms with E-state index < -0.39 is 29.1 Å². The minimum Gasteiger partial charge on any atom is -0.478 e. The van der Waals surface area contributed by atoms with Crippen LogP contribution < -0.4 is 0 Å². The van der Waals surface area contributed by atoms with Gasteiger partial charge in [0.15, 0.2) is 5.78 Å². The highest BCUT2D eigenvalue weighted by atomic mass is 19.4. The average molecular weight is 665 g/mol. The summed E-state index contributed by atoms with van der Waals surface area (Å²) in [6.45, 7) is 15.0. The fourth-order valence-corrected chi connectivity index (χ4v) is 7.03. The van der Waals surface area contributed by atoms with Gasteiger partial charge < -0.3 is 9.84 Å². The van der Waals surface area contributed by atoms with Crippen molar-refractivity contribution in [2.24, 2.45) is 23.7 Å². The second-order valence-corrected chi connectivity index (χ2v) is 13.6. The van der Waals surface area contributed by atoms with Crippen LogP contribution in [-0.4, -0.2) is 29.1 Å². The van der Waals surface area contributed by atoms with Crippen molar-refractivity contribution in [2.45, 2.75) is 130 Å². The molecule has 47 heavy (non-hydrogen) atoms. The van der Waals surface area contributed by atoms with Crippen LogP contribution >= 0.6 is 0 Å². The molecule has 8 heteroatoms. The lowest BCUT2D eigenvalue weighted by Gasteiger charge is -2.44. The molecule has 1 heterocycles. The van der Waals surface area contributed by atoms with Gasteiger partial charge in [0.1, 0.15) is 11.4 Å². The number of carbonyl (C=O) groups is 2. The Morgan fingerprint density at radius 1 is 1.00 bits per heavy atom. The molecule has 0 radical (unpaired) electrons. The van der Waals surface area contributed by atoms with Crippen LogP contribution in [0.15, 0.2) is 42.5 Å². The molecule has 5 atom stereocenters. The van der Waals surface area contributed by atoms with E-state index in [0.29, 0.717) is 36.3 Å². The number of halogens is 4. The first-order valence-corrected chi connectivity index (χ1v) is 17.5. The van der Waals surface area contributed by atoms with Gasteiger partial charge in [-0.25, -0.2) is 9.18 Å². The Labute approximate surface area is 279 Å². The number of carboxylic acid groups (broad SMARTS) is 1. The highest BCUT2D eigenvalue weighted by Gasteiger charge is 2.46. The molecule has 0 saturated carbocycles. The monoisotopic (exact) mass is 664 g/mol. The van der Waals surface area contributed by atoms with Crippen LogP contribution in [0.3, 0.4) is 0 Å². The molecule has 1 aliphatic heterocycles. The zero-order valence-electron chi connectivity index (χ0n) is 29.4. The average Bonchev–Trinajstić information content (AvgIpc) is 3.04. The van der Waals surface area contributed by atoms with Gasteiger partial charge in [-0.15, -0.1) is 0 Å². The summed E-state index contributed by atoms with van der Waals surface area (Å²) in [5.74, 6) is -0.144. The van der Waals surface area contributed by atoms with Crippen molar-refractivity contribution in [3.05, 3.63) is 70.5 Å². The van der Waals surface area contributed by atoms with Gasteiger partial charge in [-0.3, -0.25) is 4.79 Å².